The molecule has 1 amide bonds. The lowest BCUT2D eigenvalue weighted by Crippen LogP contribution is -2.43. The van der Waals surface area contributed by atoms with Gasteiger partial charge in [-0.1, -0.05) is 35.9 Å². The maximum Gasteiger partial charge on any atom is 0.416 e. The van der Waals surface area contributed by atoms with E-state index < -0.39 is 29.2 Å². The van der Waals surface area contributed by atoms with Gasteiger partial charge in [0.2, 0.25) is 0 Å². The number of carbonyl (C=O) groups is 2. The van der Waals surface area contributed by atoms with Crippen molar-refractivity contribution in [1.82, 2.24) is 15.1 Å². The van der Waals surface area contributed by atoms with Crippen LogP contribution in [0.3, 0.4) is 0 Å². The number of aromatic carboxylic acids is 1. The summed E-state index contributed by atoms with van der Waals surface area (Å²) >= 11 is 6.05. The van der Waals surface area contributed by atoms with E-state index in [4.69, 9.17) is 21.4 Å². The standard InChI is InChI=1S/C30H27ClF3N3O4/c1-18-25(17-41-29(2,3)28(40)35-16-19-4-6-21(7-5-19)27(38)39)36-37(24-14-12-23(31)13-15-24)26(18)20-8-10-22(11-9-20)30(32,33)34/h4-15H,16-17H2,1-3H3,(H,35,40)(H,38,39). The van der Waals surface area contributed by atoms with E-state index in [-0.39, 0.29) is 18.7 Å². The number of carbonyl (C=O) groups excluding carboxylic acids is 1. The normalized spacial score (nSPS) is 11.9. The quantitative estimate of drug-likeness (QED) is 0.225. The van der Waals surface area contributed by atoms with Gasteiger partial charge in [-0.15, -0.1) is 0 Å². The van der Waals surface area contributed by atoms with Crippen LogP contribution in [0.15, 0.2) is 72.8 Å². The Morgan fingerprint density at radius 2 is 1.59 bits per heavy atom. The van der Waals surface area contributed by atoms with Crippen molar-refractivity contribution in [1.29, 1.82) is 0 Å². The summed E-state index contributed by atoms with van der Waals surface area (Å²) in [5.41, 5.74) is 1.77. The zero-order chi connectivity index (χ0) is 29.9. The SMILES string of the molecule is Cc1c(COC(C)(C)C(=O)NCc2ccc(C(=O)O)cc2)nn(-c2ccc(Cl)cc2)c1-c1ccc(C(F)(F)F)cc1. The number of rotatable bonds is 9. The largest absolute Gasteiger partial charge is 0.478 e. The molecule has 41 heavy (non-hydrogen) atoms. The molecule has 4 aromatic rings. The van der Waals surface area contributed by atoms with Crippen molar-refractivity contribution in [3.63, 3.8) is 0 Å². The van der Waals surface area contributed by atoms with Gasteiger partial charge in [-0.3, -0.25) is 4.79 Å². The minimum Gasteiger partial charge on any atom is -0.478 e. The first-order chi connectivity index (χ1) is 19.3. The van der Waals surface area contributed by atoms with Gasteiger partial charge in [-0.2, -0.15) is 18.3 Å². The van der Waals surface area contributed by atoms with Crippen molar-refractivity contribution in [3.05, 3.63) is 106 Å². The molecule has 1 aromatic heterocycles. The lowest BCUT2D eigenvalue weighted by Gasteiger charge is -2.24. The molecule has 0 radical (unpaired) electrons. The number of ether oxygens (including phenoxy) is 1. The molecule has 0 saturated heterocycles. The first kappa shape index (κ1) is 29.8. The number of carboxylic acids is 1. The van der Waals surface area contributed by atoms with E-state index in [0.717, 1.165) is 17.7 Å². The van der Waals surface area contributed by atoms with Gasteiger partial charge in [0, 0.05) is 22.7 Å². The van der Waals surface area contributed by atoms with Crippen molar-refractivity contribution in [2.45, 2.75) is 45.7 Å². The van der Waals surface area contributed by atoms with E-state index in [2.05, 4.69) is 10.4 Å². The van der Waals surface area contributed by atoms with Crippen molar-refractivity contribution < 1.29 is 32.6 Å². The number of nitrogens with zero attached hydrogens (tertiary/aromatic N) is 2. The second-order valence-corrected chi connectivity index (χ2v) is 10.3. The Hall–Kier alpha value is -4.15. The average molecular weight is 586 g/mol. The van der Waals surface area contributed by atoms with Gasteiger partial charge in [0.05, 0.1) is 34.8 Å². The van der Waals surface area contributed by atoms with Gasteiger partial charge in [0.1, 0.15) is 5.60 Å². The van der Waals surface area contributed by atoms with Gasteiger partial charge in [0.15, 0.2) is 0 Å². The molecule has 0 bridgehead atoms. The van der Waals surface area contributed by atoms with Crippen LogP contribution in [0.25, 0.3) is 16.9 Å². The molecule has 0 fully saturated rings. The molecule has 1 heterocycles. The summed E-state index contributed by atoms with van der Waals surface area (Å²) in [6.07, 6.45) is -4.46. The molecule has 0 spiro atoms. The Morgan fingerprint density at radius 3 is 2.15 bits per heavy atom. The molecule has 0 aliphatic heterocycles. The number of halogens is 4. The smallest absolute Gasteiger partial charge is 0.416 e. The van der Waals surface area contributed by atoms with Gasteiger partial charge in [-0.25, -0.2) is 9.48 Å². The van der Waals surface area contributed by atoms with E-state index >= 15 is 0 Å². The third-order valence-corrected chi connectivity index (χ3v) is 6.80. The Balaban J connectivity index is 1.55. The Labute approximate surface area is 239 Å². The predicted octanol–water partition coefficient (Wildman–Crippen LogP) is 6.83. The van der Waals surface area contributed by atoms with Gasteiger partial charge in [0.25, 0.3) is 5.91 Å². The summed E-state index contributed by atoms with van der Waals surface area (Å²) < 4.78 is 47.1. The van der Waals surface area contributed by atoms with Crippen LogP contribution in [-0.2, 0) is 28.9 Å². The number of nitrogens with one attached hydrogen (secondary N) is 1. The molecular weight excluding hydrogens is 559 g/mol. The van der Waals surface area contributed by atoms with Gasteiger partial charge >= 0.3 is 12.1 Å². The molecule has 214 valence electrons. The minimum atomic E-state index is -4.46. The third-order valence-electron chi connectivity index (χ3n) is 6.55. The first-order valence-electron chi connectivity index (χ1n) is 12.5. The van der Waals surface area contributed by atoms with E-state index in [0.29, 0.717) is 33.2 Å². The molecule has 0 atom stereocenters. The predicted molar refractivity (Wildman–Crippen MR) is 148 cm³/mol. The molecule has 2 N–H and O–H groups in total. The summed E-state index contributed by atoms with van der Waals surface area (Å²) in [5, 5.41) is 17.0. The number of aromatic nitrogens is 2. The van der Waals surface area contributed by atoms with Gasteiger partial charge in [-0.05, 0) is 74.9 Å². The summed E-state index contributed by atoms with van der Waals surface area (Å²) in [7, 11) is 0. The summed E-state index contributed by atoms with van der Waals surface area (Å²) in [6.45, 7) is 5.14. The Bertz CT molecular complexity index is 1550. The first-order valence-corrected chi connectivity index (χ1v) is 12.9. The molecule has 0 aliphatic carbocycles. The molecular formula is C30H27ClF3N3O4. The lowest BCUT2D eigenvalue weighted by molar-refractivity contribution is -0.144. The highest BCUT2D eigenvalue weighted by Gasteiger charge is 2.31. The Morgan fingerprint density at radius 1 is 0.976 bits per heavy atom. The van der Waals surface area contributed by atoms with Crippen molar-refractivity contribution in [3.8, 4) is 16.9 Å². The Kier molecular flexibility index (Phi) is 8.55. The number of alkyl halides is 3. The minimum absolute atomic E-state index is 0.0478. The van der Waals surface area contributed by atoms with E-state index in [1.54, 1.807) is 61.9 Å². The van der Waals surface area contributed by atoms with Crippen LogP contribution in [-0.4, -0.2) is 32.4 Å². The van der Waals surface area contributed by atoms with Crippen LogP contribution in [0.5, 0.6) is 0 Å². The number of amides is 1. The molecule has 3 aromatic carbocycles. The van der Waals surface area contributed by atoms with Crippen molar-refractivity contribution in [2.75, 3.05) is 0 Å². The van der Waals surface area contributed by atoms with Crippen LogP contribution in [0, 0.1) is 6.92 Å². The van der Waals surface area contributed by atoms with Crippen LogP contribution in [0.2, 0.25) is 5.02 Å². The summed E-state index contributed by atoms with van der Waals surface area (Å²) in [5.74, 6) is -1.43. The van der Waals surface area contributed by atoms with Crippen LogP contribution in [0.1, 0.15) is 46.6 Å². The highest BCUT2D eigenvalue weighted by atomic mass is 35.5. The zero-order valence-corrected chi connectivity index (χ0v) is 23.2. The maximum atomic E-state index is 13.2. The summed E-state index contributed by atoms with van der Waals surface area (Å²) in [4.78, 5) is 23.9. The van der Waals surface area contributed by atoms with Crippen LogP contribution in [0.4, 0.5) is 13.2 Å². The van der Waals surface area contributed by atoms with E-state index in [1.807, 2.05) is 0 Å². The topological polar surface area (TPSA) is 93.4 Å². The molecule has 4 rings (SSSR count). The van der Waals surface area contributed by atoms with E-state index in [1.165, 1.54) is 24.3 Å². The second-order valence-electron chi connectivity index (χ2n) is 9.87. The van der Waals surface area contributed by atoms with E-state index in [9.17, 15) is 22.8 Å². The molecule has 0 aliphatic rings. The molecule has 11 heteroatoms. The van der Waals surface area contributed by atoms with Gasteiger partial charge < -0.3 is 15.2 Å². The average Bonchev–Trinajstić information content (AvgIpc) is 3.26. The number of hydrogen-bond donors (Lipinski definition) is 2. The number of hydrogen-bond acceptors (Lipinski definition) is 4. The lowest BCUT2D eigenvalue weighted by atomic mass is 10.0. The number of benzene rings is 3. The molecule has 0 saturated carbocycles. The van der Waals surface area contributed by atoms with Crippen LogP contribution >= 0.6 is 11.6 Å². The number of carboxylic acid groups (broad SMARTS) is 1. The van der Waals surface area contributed by atoms with Crippen LogP contribution < -0.4 is 5.32 Å². The third kappa shape index (κ3) is 6.96. The summed E-state index contributed by atoms with van der Waals surface area (Å²) in [6, 6.07) is 17.8. The fraction of sp³-hybridized carbons (Fsp3) is 0.233. The van der Waals surface area contributed by atoms with Crippen molar-refractivity contribution >= 4 is 23.5 Å². The zero-order valence-electron chi connectivity index (χ0n) is 22.4. The molecule has 0 unspecified atom stereocenters. The second kappa shape index (κ2) is 11.8. The fourth-order valence-electron chi connectivity index (χ4n) is 4.08. The highest BCUT2D eigenvalue weighted by Crippen LogP contribution is 2.34. The highest BCUT2D eigenvalue weighted by molar-refractivity contribution is 6.30. The fourth-order valence-corrected chi connectivity index (χ4v) is 4.20. The van der Waals surface area contributed by atoms with Crippen molar-refractivity contribution in [2.24, 2.45) is 0 Å². The maximum absolute atomic E-state index is 13.2. The molecule has 7 nitrogen and oxygen atoms in total. The monoisotopic (exact) mass is 585 g/mol.